The molecule has 0 bridgehead atoms. The van der Waals surface area contributed by atoms with Gasteiger partial charge in [-0.2, -0.15) is 27.1 Å². The van der Waals surface area contributed by atoms with Gasteiger partial charge in [-0.05, 0) is 72.8 Å². The molecule has 10 N–H and O–H groups in total. The number of hydrogen-bond acceptors (Lipinski definition) is 16. The molecule has 0 aliphatic heterocycles. The quantitative estimate of drug-likeness (QED) is 0.0276. The number of nitrogens with two attached hydrogens (primary N) is 4. The number of hydrogen-bond donors (Lipinski definition) is 6. The van der Waals surface area contributed by atoms with Gasteiger partial charge in [0, 0.05) is 41.6 Å². The zero-order chi connectivity index (χ0) is 42.4. The van der Waals surface area contributed by atoms with Crippen LogP contribution in [0.2, 0.25) is 0 Å². The molecule has 0 saturated carbocycles. The van der Waals surface area contributed by atoms with Gasteiger partial charge in [-0.15, -0.1) is 19.0 Å². The fourth-order valence-corrected chi connectivity index (χ4v) is 6.55. The van der Waals surface area contributed by atoms with Crippen molar-refractivity contribution in [2.75, 3.05) is 0 Å². The maximum absolute atomic E-state index is 11.9. The van der Waals surface area contributed by atoms with E-state index >= 15 is 0 Å². The normalized spacial score (nSPS) is 11.4. The molecular formula is C32H26CuN14O10S2. The summed E-state index contributed by atoms with van der Waals surface area (Å²) >= 11 is 0. The van der Waals surface area contributed by atoms with Gasteiger partial charge in [0.2, 0.25) is 11.9 Å². The molecule has 307 valence electrons. The summed E-state index contributed by atoms with van der Waals surface area (Å²) in [6.07, 6.45) is 2.75. The van der Waals surface area contributed by atoms with Crippen LogP contribution in [0.25, 0.3) is 21.8 Å². The first-order valence-corrected chi connectivity index (χ1v) is 18.5. The van der Waals surface area contributed by atoms with Gasteiger partial charge >= 0.3 is 0 Å². The average molecular weight is 894 g/mol. The number of non-ortho nitro benzene ring substituents is 2. The Kier molecular flexibility index (Phi) is 13.4. The number of phenolic OH excluding ortho intramolecular Hbond substituents is 2. The first-order valence-electron chi connectivity index (χ1n) is 15.6. The third-order valence-electron chi connectivity index (χ3n) is 7.31. The Morgan fingerprint density at radius 2 is 0.915 bits per heavy atom. The minimum Gasteiger partial charge on any atom is -0.504 e. The third kappa shape index (κ3) is 10.4. The van der Waals surface area contributed by atoms with Gasteiger partial charge in [0.05, 0.1) is 41.8 Å². The summed E-state index contributed by atoms with van der Waals surface area (Å²) in [4.78, 5) is 28.9. The summed E-state index contributed by atoms with van der Waals surface area (Å²) in [7, 11) is -8.09. The van der Waals surface area contributed by atoms with Crippen LogP contribution < -0.4 is 22.9 Å². The fourth-order valence-electron chi connectivity index (χ4n) is 4.83. The van der Waals surface area contributed by atoms with Crippen LogP contribution in [0.5, 0.6) is 11.5 Å². The predicted octanol–water partition coefficient (Wildman–Crippen LogP) is 4.45. The van der Waals surface area contributed by atoms with Crippen molar-refractivity contribution in [3.63, 3.8) is 0 Å². The SMILES string of the molecule is NC(N)=NS(=O)(=O)c1ccc(N=Nc2cc([N+](=O)[O-])c3cccnc3c2O)cc1.NC(N)=NS(=O)(=O)c1ccc(N=Nc2cc([N+](=O)[O-])c3cccnc3c2O)cc1.[Cu]. The van der Waals surface area contributed by atoms with Gasteiger partial charge in [-0.25, -0.2) is 0 Å². The van der Waals surface area contributed by atoms with Crippen molar-refractivity contribution in [2.45, 2.75) is 9.79 Å². The van der Waals surface area contributed by atoms with Crippen LogP contribution in [0.4, 0.5) is 34.1 Å². The number of phenols is 2. The molecule has 0 aliphatic rings. The number of nitrogens with zero attached hydrogens (tertiary/aromatic N) is 10. The molecule has 0 fully saturated rings. The Morgan fingerprint density at radius 3 is 1.22 bits per heavy atom. The minimum atomic E-state index is -4.05. The molecule has 0 aliphatic carbocycles. The Bertz CT molecular complexity index is 2740. The van der Waals surface area contributed by atoms with E-state index in [1.165, 1.54) is 85.2 Å². The van der Waals surface area contributed by atoms with Crippen LogP contribution >= 0.6 is 0 Å². The third-order valence-corrected chi connectivity index (χ3v) is 9.95. The molecule has 0 saturated heterocycles. The van der Waals surface area contributed by atoms with E-state index < -0.39 is 41.8 Å². The topological polar surface area (TPSA) is 399 Å². The van der Waals surface area contributed by atoms with Gasteiger partial charge in [0.15, 0.2) is 11.5 Å². The van der Waals surface area contributed by atoms with E-state index in [1.807, 2.05) is 0 Å². The largest absolute Gasteiger partial charge is 0.504 e. The molecule has 24 nitrogen and oxygen atoms in total. The van der Waals surface area contributed by atoms with Gasteiger partial charge in [-0.3, -0.25) is 30.2 Å². The number of aromatic nitrogens is 2. The van der Waals surface area contributed by atoms with E-state index in [1.54, 1.807) is 0 Å². The van der Waals surface area contributed by atoms with Crippen molar-refractivity contribution >= 4 is 87.9 Å². The first-order chi connectivity index (χ1) is 27.4. The molecule has 1 radical (unpaired) electrons. The van der Waals surface area contributed by atoms with Crippen LogP contribution in [0, 0.1) is 20.2 Å². The smallest absolute Gasteiger partial charge is 0.285 e. The predicted molar refractivity (Wildman–Crippen MR) is 207 cm³/mol. The fraction of sp³-hybridized carbons (Fsp3) is 0. The molecular weight excluding hydrogens is 868 g/mol. The van der Waals surface area contributed by atoms with Crippen LogP contribution in [0.3, 0.4) is 0 Å². The van der Waals surface area contributed by atoms with Crippen LogP contribution in [0.1, 0.15) is 0 Å². The van der Waals surface area contributed by atoms with E-state index in [4.69, 9.17) is 22.9 Å². The van der Waals surface area contributed by atoms with Crippen molar-refractivity contribution in [1.29, 1.82) is 0 Å². The number of sulfonamides is 2. The number of fused-ring (bicyclic) bond motifs is 2. The molecule has 4 aromatic carbocycles. The average Bonchev–Trinajstić information content (AvgIpc) is 3.17. The molecule has 0 atom stereocenters. The molecule has 0 spiro atoms. The Morgan fingerprint density at radius 1 is 0.576 bits per heavy atom. The first kappa shape index (κ1) is 44.0. The van der Waals surface area contributed by atoms with E-state index in [-0.39, 0.29) is 94.3 Å². The second-order valence-corrected chi connectivity index (χ2v) is 14.4. The zero-order valence-corrected chi connectivity index (χ0v) is 31.9. The van der Waals surface area contributed by atoms with E-state index in [9.17, 15) is 47.3 Å². The van der Waals surface area contributed by atoms with Crippen molar-refractivity contribution < 1.29 is 54.0 Å². The van der Waals surface area contributed by atoms with Gasteiger partial charge in [-0.1, -0.05) is 0 Å². The minimum absolute atomic E-state index is 0. The standard InChI is InChI=1S/2C16H13N7O5S.Cu/c2*17-16(18)22-29(27,28)10-5-3-9(4-6-10)20-21-12-8-13(23(25)26)11-2-1-7-19-14(11)15(12)24;/h2*1-8,24H,(H4,17,18,22);. The van der Waals surface area contributed by atoms with E-state index in [0.717, 1.165) is 12.1 Å². The number of aromatic hydroxyl groups is 2. The summed E-state index contributed by atoms with van der Waals surface area (Å²) in [6.45, 7) is 0. The maximum Gasteiger partial charge on any atom is 0.285 e. The Labute approximate surface area is 341 Å². The molecule has 27 heteroatoms. The maximum atomic E-state index is 11.9. The van der Waals surface area contributed by atoms with Crippen LogP contribution in [-0.2, 0) is 37.1 Å². The van der Waals surface area contributed by atoms with Gasteiger partial charge in [0.25, 0.3) is 31.4 Å². The molecule has 0 unspecified atom stereocenters. The summed E-state index contributed by atoms with van der Waals surface area (Å²) in [6, 6.07) is 18.2. The second-order valence-electron chi connectivity index (χ2n) is 11.2. The molecule has 2 heterocycles. The number of azo groups is 2. The molecule has 59 heavy (non-hydrogen) atoms. The number of pyridine rings is 2. The molecule has 6 aromatic rings. The number of nitro groups is 2. The van der Waals surface area contributed by atoms with E-state index in [2.05, 4.69) is 39.2 Å². The summed E-state index contributed by atoms with van der Waals surface area (Å²) in [5.41, 5.74) is 19.9. The van der Waals surface area contributed by atoms with Crippen molar-refractivity contribution in [3.8, 4) is 11.5 Å². The van der Waals surface area contributed by atoms with Crippen molar-refractivity contribution in [1.82, 2.24) is 9.97 Å². The number of guanidine groups is 2. The van der Waals surface area contributed by atoms with Crippen molar-refractivity contribution in [3.05, 3.63) is 118 Å². The summed E-state index contributed by atoms with van der Waals surface area (Å²) in [5.74, 6) is -1.95. The monoisotopic (exact) mass is 893 g/mol. The van der Waals surface area contributed by atoms with Crippen molar-refractivity contribution in [2.24, 2.45) is 52.2 Å². The van der Waals surface area contributed by atoms with Crippen LogP contribution in [-0.4, -0.2) is 58.8 Å². The second kappa shape index (κ2) is 18.0. The molecule has 2 aromatic heterocycles. The Hall–Kier alpha value is -7.74. The number of rotatable bonds is 10. The molecule has 6 rings (SSSR count). The van der Waals surface area contributed by atoms with Crippen LogP contribution in [0.15, 0.2) is 136 Å². The van der Waals surface area contributed by atoms with E-state index in [0.29, 0.717) is 0 Å². The van der Waals surface area contributed by atoms with Gasteiger partial charge < -0.3 is 33.1 Å². The number of nitro benzene ring substituents is 2. The zero-order valence-electron chi connectivity index (χ0n) is 29.3. The summed E-state index contributed by atoms with van der Waals surface area (Å²) < 4.78 is 53.9. The van der Waals surface area contributed by atoms with Gasteiger partial charge in [0.1, 0.15) is 22.4 Å². The number of benzene rings is 4. The Balaban J connectivity index is 0.000000256. The summed E-state index contributed by atoms with van der Waals surface area (Å²) in [5, 5.41) is 58.9. The molecule has 0 amide bonds.